The number of nitrogens with zero attached hydrogens (tertiary/aromatic N) is 5. The van der Waals surface area contributed by atoms with Crippen molar-refractivity contribution in [3.8, 4) is 11.1 Å². The molecule has 1 saturated heterocycles. The number of carbonyl (C=O) groups excluding carboxylic acids is 1. The predicted octanol–water partition coefficient (Wildman–Crippen LogP) is 9.10. The molecule has 1 atom stereocenters. The van der Waals surface area contributed by atoms with Crippen LogP contribution in [0.5, 0.6) is 0 Å². The number of aromatic amines is 1. The fourth-order valence-electron chi connectivity index (χ4n) is 7.96. The number of rotatable bonds is 7. The van der Waals surface area contributed by atoms with Crippen molar-refractivity contribution >= 4 is 39.4 Å². The standard InChI is InChI=1S/C43H54N6O3/c1-25(2)51-41(50)39(52-42(6,7)8)35-28(5)46-27(4)34(38(35)48-19-16-43(9,10)17-20-48)30-12-13-31-23-49(18-15-29(31)22-30)40-37-36(44-24-45-40)32-21-26(3)11-14-33(32)47-37/h11-14,21-22,24-25,39,47H,15-20,23H2,1-10H3/t39-/m0/s1. The van der Waals surface area contributed by atoms with Gasteiger partial charge >= 0.3 is 5.97 Å². The van der Waals surface area contributed by atoms with Crippen molar-refractivity contribution in [3.05, 3.63) is 76.4 Å². The Kier molecular flexibility index (Phi) is 9.30. The van der Waals surface area contributed by atoms with Crippen molar-refractivity contribution in [1.29, 1.82) is 0 Å². The van der Waals surface area contributed by atoms with Gasteiger partial charge in [-0.3, -0.25) is 4.98 Å². The summed E-state index contributed by atoms with van der Waals surface area (Å²) in [4.78, 5) is 36.9. The third-order valence-corrected chi connectivity index (χ3v) is 10.6. The molecule has 0 aliphatic carbocycles. The van der Waals surface area contributed by atoms with Gasteiger partial charge in [-0.05, 0) is 109 Å². The summed E-state index contributed by atoms with van der Waals surface area (Å²) in [5, 5.41) is 1.13. The van der Waals surface area contributed by atoms with Gasteiger partial charge in [-0.15, -0.1) is 0 Å². The van der Waals surface area contributed by atoms with Crippen LogP contribution in [0.25, 0.3) is 33.1 Å². The molecule has 0 bridgehead atoms. The van der Waals surface area contributed by atoms with E-state index in [1.165, 1.54) is 16.7 Å². The van der Waals surface area contributed by atoms with E-state index in [2.05, 4.69) is 83.9 Å². The molecule has 0 saturated carbocycles. The van der Waals surface area contributed by atoms with Gasteiger partial charge in [0.15, 0.2) is 11.9 Å². The Morgan fingerprint density at radius 3 is 2.38 bits per heavy atom. The van der Waals surface area contributed by atoms with Gasteiger partial charge < -0.3 is 24.3 Å². The van der Waals surface area contributed by atoms with Crippen molar-refractivity contribution in [3.63, 3.8) is 0 Å². The van der Waals surface area contributed by atoms with Crippen molar-refractivity contribution in [2.45, 2.75) is 113 Å². The average molecular weight is 703 g/mol. The zero-order chi connectivity index (χ0) is 37.1. The smallest absolute Gasteiger partial charge is 0.340 e. The van der Waals surface area contributed by atoms with Gasteiger partial charge in [0.2, 0.25) is 0 Å². The topological polar surface area (TPSA) is 96.5 Å². The summed E-state index contributed by atoms with van der Waals surface area (Å²) in [7, 11) is 0. The van der Waals surface area contributed by atoms with Crippen LogP contribution in [0, 0.1) is 26.2 Å². The van der Waals surface area contributed by atoms with Crippen LogP contribution in [-0.4, -0.2) is 57.2 Å². The van der Waals surface area contributed by atoms with Crippen molar-refractivity contribution in [2.24, 2.45) is 5.41 Å². The molecular weight excluding hydrogens is 649 g/mol. The van der Waals surface area contributed by atoms with E-state index < -0.39 is 11.7 Å². The molecule has 2 aliphatic heterocycles. The summed E-state index contributed by atoms with van der Waals surface area (Å²) < 4.78 is 12.5. The molecule has 274 valence electrons. The van der Waals surface area contributed by atoms with E-state index in [0.717, 1.165) is 107 Å². The van der Waals surface area contributed by atoms with Crippen molar-refractivity contribution in [2.75, 3.05) is 29.4 Å². The Bertz CT molecular complexity index is 2150. The van der Waals surface area contributed by atoms with Gasteiger partial charge in [0.1, 0.15) is 17.4 Å². The first-order valence-electron chi connectivity index (χ1n) is 18.8. The van der Waals surface area contributed by atoms with Gasteiger partial charge in [0.25, 0.3) is 0 Å². The van der Waals surface area contributed by atoms with E-state index >= 15 is 0 Å². The second kappa shape index (κ2) is 13.5. The number of ether oxygens (including phenoxy) is 2. The van der Waals surface area contributed by atoms with E-state index in [4.69, 9.17) is 19.4 Å². The number of esters is 1. The summed E-state index contributed by atoms with van der Waals surface area (Å²) in [6, 6.07) is 13.3. The number of nitrogens with one attached hydrogen (secondary N) is 1. The van der Waals surface area contributed by atoms with E-state index in [1.807, 2.05) is 41.5 Å². The molecular formula is C43H54N6O3. The van der Waals surface area contributed by atoms with E-state index in [9.17, 15) is 4.79 Å². The van der Waals surface area contributed by atoms with Gasteiger partial charge in [-0.1, -0.05) is 43.7 Å². The molecule has 0 spiro atoms. The Labute approximate surface area is 308 Å². The molecule has 0 amide bonds. The predicted molar refractivity (Wildman–Crippen MR) is 210 cm³/mol. The third-order valence-electron chi connectivity index (χ3n) is 10.6. The van der Waals surface area contributed by atoms with Gasteiger partial charge in [-0.25, -0.2) is 14.8 Å². The van der Waals surface area contributed by atoms with Crippen LogP contribution in [-0.2, 0) is 27.2 Å². The molecule has 0 unspecified atom stereocenters. The lowest BCUT2D eigenvalue weighted by molar-refractivity contribution is -0.171. The molecule has 2 aromatic carbocycles. The molecule has 2 aliphatic rings. The van der Waals surface area contributed by atoms with Crippen LogP contribution in [0.3, 0.4) is 0 Å². The number of fused-ring (bicyclic) bond motifs is 4. The molecule has 9 nitrogen and oxygen atoms in total. The molecule has 9 heteroatoms. The summed E-state index contributed by atoms with van der Waals surface area (Å²) >= 11 is 0. The molecule has 1 fully saturated rings. The molecule has 5 heterocycles. The lowest BCUT2D eigenvalue weighted by Gasteiger charge is -2.41. The second-order valence-corrected chi connectivity index (χ2v) is 16.9. The first-order chi connectivity index (χ1) is 24.6. The summed E-state index contributed by atoms with van der Waals surface area (Å²) in [5.41, 5.74) is 12.3. The molecule has 52 heavy (non-hydrogen) atoms. The first-order valence-corrected chi connectivity index (χ1v) is 18.8. The van der Waals surface area contributed by atoms with Gasteiger partial charge in [-0.2, -0.15) is 0 Å². The van der Waals surface area contributed by atoms with Crippen molar-refractivity contribution < 1.29 is 14.3 Å². The largest absolute Gasteiger partial charge is 0.461 e. The number of H-pyrrole nitrogens is 1. The lowest BCUT2D eigenvalue weighted by Crippen LogP contribution is -2.39. The van der Waals surface area contributed by atoms with Gasteiger partial charge in [0, 0.05) is 59.6 Å². The highest BCUT2D eigenvalue weighted by atomic mass is 16.6. The van der Waals surface area contributed by atoms with E-state index in [1.54, 1.807) is 6.33 Å². The van der Waals surface area contributed by atoms with E-state index in [-0.39, 0.29) is 17.5 Å². The van der Waals surface area contributed by atoms with Crippen LogP contribution in [0.15, 0.2) is 42.7 Å². The Hall–Kier alpha value is -4.50. The number of anilines is 2. The fourth-order valence-corrected chi connectivity index (χ4v) is 7.96. The Morgan fingerprint density at radius 1 is 0.923 bits per heavy atom. The van der Waals surface area contributed by atoms with Crippen LogP contribution in [0.4, 0.5) is 11.5 Å². The van der Waals surface area contributed by atoms with Crippen LogP contribution in [0.2, 0.25) is 0 Å². The maximum absolute atomic E-state index is 13.9. The Morgan fingerprint density at radius 2 is 1.67 bits per heavy atom. The molecule has 3 aromatic heterocycles. The minimum Gasteiger partial charge on any atom is -0.461 e. The first kappa shape index (κ1) is 35.9. The van der Waals surface area contributed by atoms with Crippen LogP contribution in [0.1, 0.15) is 101 Å². The summed E-state index contributed by atoms with van der Waals surface area (Å²) in [6.07, 6.45) is 3.49. The minimum atomic E-state index is -0.913. The number of hydrogen-bond acceptors (Lipinski definition) is 8. The highest BCUT2D eigenvalue weighted by Gasteiger charge is 2.38. The highest BCUT2D eigenvalue weighted by Crippen LogP contribution is 2.46. The number of pyridine rings is 1. The quantitative estimate of drug-likeness (QED) is 0.168. The van der Waals surface area contributed by atoms with Crippen LogP contribution < -0.4 is 9.80 Å². The number of piperidine rings is 1. The third kappa shape index (κ3) is 6.99. The maximum atomic E-state index is 13.9. The SMILES string of the molecule is Cc1ccc2[nH]c3c(N4CCc5cc(-c6c(C)nc(C)c([C@H](OC(C)(C)C)C(=O)OC(C)C)c6N6CCC(C)(C)CC6)ccc5C4)ncnc3c2c1. The number of hydrogen-bond donors (Lipinski definition) is 1. The monoisotopic (exact) mass is 702 g/mol. The van der Waals surface area contributed by atoms with Gasteiger partial charge in [0.05, 0.1) is 17.4 Å². The zero-order valence-corrected chi connectivity index (χ0v) is 32.6. The zero-order valence-electron chi connectivity index (χ0n) is 32.6. The molecule has 5 aromatic rings. The summed E-state index contributed by atoms with van der Waals surface area (Å²) in [6.45, 7) is 24.0. The van der Waals surface area contributed by atoms with Crippen molar-refractivity contribution in [1.82, 2.24) is 19.9 Å². The minimum absolute atomic E-state index is 0.255. The number of aromatic nitrogens is 4. The molecule has 0 radical (unpaired) electrons. The van der Waals surface area contributed by atoms with Crippen LogP contribution >= 0.6 is 0 Å². The molecule has 7 rings (SSSR count). The second-order valence-electron chi connectivity index (χ2n) is 16.9. The lowest BCUT2D eigenvalue weighted by atomic mass is 9.81. The normalized spacial score (nSPS) is 16.8. The van der Waals surface area contributed by atoms with E-state index in [0.29, 0.717) is 0 Å². The summed E-state index contributed by atoms with van der Waals surface area (Å²) in [5.74, 6) is 0.558. The number of benzene rings is 2. The number of aryl methyl sites for hydroxylation is 3. The highest BCUT2D eigenvalue weighted by molar-refractivity contribution is 6.08. The fraction of sp³-hybridized carbons (Fsp3) is 0.488. The maximum Gasteiger partial charge on any atom is 0.340 e. The number of carbonyl (C=O) groups is 1. The Balaban J connectivity index is 1.31. The average Bonchev–Trinajstić information content (AvgIpc) is 3.44. The molecule has 1 N–H and O–H groups in total.